The van der Waals surface area contributed by atoms with Gasteiger partial charge in [0.1, 0.15) is 11.6 Å². The second-order valence-corrected chi connectivity index (χ2v) is 3.24. The lowest BCUT2D eigenvalue weighted by Gasteiger charge is -2.07. The van der Waals surface area contributed by atoms with Gasteiger partial charge in [-0.15, -0.1) is 0 Å². The third-order valence-corrected chi connectivity index (χ3v) is 1.69. The van der Waals surface area contributed by atoms with Crippen LogP contribution in [0.1, 0.15) is 0 Å². The largest absolute Gasteiger partial charge is 0.482 e. The van der Waals surface area contributed by atoms with Gasteiger partial charge in [0.25, 0.3) is 0 Å². The van der Waals surface area contributed by atoms with Crippen molar-refractivity contribution < 1.29 is 9.13 Å². The molecule has 1 aromatic rings. The summed E-state index contributed by atoms with van der Waals surface area (Å²) in [6.07, 6.45) is 0. The van der Waals surface area contributed by atoms with Gasteiger partial charge in [0.2, 0.25) is 0 Å². The van der Waals surface area contributed by atoms with Crippen molar-refractivity contribution in [2.45, 2.75) is 0 Å². The molecule has 5 heteroatoms. The fourth-order valence-electron chi connectivity index (χ4n) is 0.764. The number of halogens is 2. The van der Waals surface area contributed by atoms with Crippen molar-refractivity contribution in [1.82, 2.24) is 0 Å². The molecular weight excluding hydrogens is 213 g/mol. The molecule has 0 spiro atoms. The fraction of sp³-hybridized carbons (Fsp3) is 0.125. The molecule has 0 atom stereocenters. The predicted octanol–water partition coefficient (Wildman–Crippen LogP) is 2.14. The van der Waals surface area contributed by atoms with E-state index in [-0.39, 0.29) is 22.4 Å². The van der Waals surface area contributed by atoms with Gasteiger partial charge in [-0.05, 0) is 12.1 Å². The molecule has 13 heavy (non-hydrogen) atoms. The summed E-state index contributed by atoms with van der Waals surface area (Å²) in [5.74, 6) is -0.541. The Morgan fingerprint density at radius 1 is 1.62 bits per heavy atom. The molecule has 0 aliphatic rings. The highest BCUT2D eigenvalue weighted by atomic mass is 35.5. The molecule has 0 unspecified atom stereocenters. The van der Waals surface area contributed by atoms with E-state index in [9.17, 15) is 4.39 Å². The smallest absolute Gasteiger partial charge is 0.174 e. The van der Waals surface area contributed by atoms with Gasteiger partial charge >= 0.3 is 0 Å². The predicted molar refractivity (Wildman–Crippen MR) is 53.7 cm³/mol. The summed E-state index contributed by atoms with van der Waals surface area (Å²) in [6, 6.07) is 4.27. The van der Waals surface area contributed by atoms with Crippen LogP contribution in [-0.2, 0) is 0 Å². The molecule has 2 nitrogen and oxygen atoms in total. The summed E-state index contributed by atoms with van der Waals surface area (Å²) in [5, 5.41) is 0.205. The maximum atomic E-state index is 13.0. The first-order valence-electron chi connectivity index (χ1n) is 3.46. The molecule has 0 bridgehead atoms. The van der Waals surface area contributed by atoms with Crippen molar-refractivity contribution in [3.63, 3.8) is 0 Å². The van der Waals surface area contributed by atoms with Gasteiger partial charge in [0.05, 0.1) is 5.02 Å². The molecule has 1 rings (SSSR count). The van der Waals surface area contributed by atoms with Crippen LogP contribution in [0.4, 0.5) is 4.39 Å². The Balaban J connectivity index is 2.81. The molecular formula is C8H7ClFNOS. The molecule has 0 aromatic heterocycles. The molecule has 70 valence electrons. The molecule has 0 saturated heterocycles. The first-order chi connectivity index (χ1) is 6.11. The first kappa shape index (κ1) is 10.2. The summed E-state index contributed by atoms with van der Waals surface area (Å²) in [4.78, 5) is 0.152. The van der Waals surface area contributed by atoms with Crippen LogP contribution in [0.15, 0.2) is 18.2 Å². The van der Waals surface area contributed by atoms with E-state index in [2.05, 4.69) is 12.2 Å². The van der Waals surface area contributed by atoms with Crippen LogP contribution in [0.3, 0.4) is 0 Å². The number of thiocarbonyl (C=S) groups is 1. The minimum absolute atomic E-state index is 0.0167. The van der Waals surface area contributed by atoms with Crippen LogP contribution in [0.2, 0.25) is 5.02 Å². The third-order valence-electron chi connectivity index (χ3n) is 1.28. The standard InChI is InChI=1S/C8H7ClFNOS/c9-5-2-1-3-6(10)8(5)12-4-7(11)13/h1-3H,4H2,(H2,11,13). The van der Waals surface area contributed by atoms with E-state index in [4.69, 9.17) is 22.1 Å². The van der Waals surface area contributed by atoms with Gasteiger partial charge in [0.15, 0.2) is 11.6 Å². The highest BCUT2D eigenvalue weighted by Crippen LogP contribution is 2.26. The zero-order chi connectivity index (χ0) is 9.84. The van der Waals surface area contributed by atoms with Crippen molar-refractivity contribution >= 4 is 28.8 Å². The van der Waals surface area contributed by atoms with E-state index in [1.165, 1.54) is 18.2 Å². The molecule has 0 aliphatic heterocycles. The van der Waals surface area contributed by atoms with Crippen LogP contribution in [0.25, 0.3) is 0 Å². The van der Waals surface area contributed by atoms with Gasteiger partial charge in [-0.25, -0.2) is 4.39 Å². The number of para-hydroxylation sites is 1. The third kappa shape index (κ3) is 2.82. The average molecular weight is 220 g/mol. The van der Waals surface area contributed by atoms with Crippen LogP contribution >= 0.6 is 23.8 Å². The average Bonchev–Trinajstić information content (AvgIpc) is 2.03. The molecule has 1 aromatic carbocycles. The summed E-state index contributed by atoms with van der Waals surface area (Å²) < 4.78 is 18.0. The minimum Gasteiger partial charge on any atom is -0.482 e. The number of ether oxygens (including phenoxy) is 1. The lowest BCUT2D eigenvalue weighted by molar-refractivity contribution is 0.355. The molecule has 0 amide bonds. The highest BCUT2D eigenvalue weighted by Gasteiger charge is 2.07. The van der Waals surface area contributed by atoms with Gasteiger partial charge in [-0.2, -0.15) is 0 Å². The number of nitrogens with two attached hydrogens (primary N) is 1. The Labute approximate surface area is 85.4 Å². The quantitative estimate of drug-likeness (QED) is 0.792. The number of benzene rings is 1. The molecule has 0 saturated carbocycles. The molecule has 0 aliphatic carbocycles. The van der Waals surface area contributed by atoms with E-state index < -0.39 is 5.82 Å². The number of hydrogen-bond acceptors (Lipinski definition) is 2. The van der Waals surface area contributed by atoms with Gasteiger partial charge in [-0.3, -0.25) is 0 Å². The molecule has 2 N–H and O–H groups in total. The highest BCUT2D eigenvalue weighted by molar-refractivity contribution is 7.80. The molecule has 0 fully saturated rings. The van der Waals surface area contributed by atoms with Crippen LogP contribution in [0, 0.1) is 5.82 Å². The first-order valence-corrected chi connectivity index (χ1v) is 4.25. The summed E-state index contributed by atoms with van der Waals surface area (Å²) in [7, 11) is 0. The Hall–Kier alpha value is -0.870. The van der Waals surface area contributed by atoms with E-state index in [0.29, 0.717) is 0 Å². The van der Waals surface area contributed by atoms with Crippen molar-refractivity contribution in [2.75, 3.05) is 6.61 Å². The zero-order valence-electron chi connectivity index (χ0n) is 6.59. The number of hydrogen-bond donors (Lipinski definition) is 1. The topological polar surface area (TPSA) is 35.2 Å². The van der Waals surface area contributed by atoms with Crippen LogP contribution < -0.4 is 10.5 Å². The van der Waals surface area contributed by atoms with E-state index in [1.807, 2.05) is 0 Å². The Bertz CT molecular complexity index is 312. The Kier molecular flexibility index (Phi) is 3.45. The van der Waals surface area contributed by atoms with Crippen molar-refractivity contribution in [3.8, 4) is 5.75 Å². The number of rotatable bonds is 3. The lowest BCUT2D eigenvalue weighted by atomic mass is 10.3. The normalized spacial score (nSPS) is 9.69. The van der Waals surface area contributed by atoms with Crippen molar-refractivity contribution in [2.24, 2.45) is 5.73 Å². The minimum atomic E-state index is -0.524. The van der Waals surface area contributed by atoms with Gasteiger partial charge in [-0.1, -0.05) is 29.9 Å². The monoisotopic (exact) mass is 219 g/mol. The molecule has 0 heterocycles. The van der Waals surface area contributed by atoms with E-state index >= 15 is 0 Å². The fourth-order valence-corrected chi connectivity index (χ4v) is 1.04. The second kappa shape index (κ2) is 4.39. The Morgan fingerprint density at radius 3 is 2.85 bits per heavy atom. The lowest BCUT2D eigenvalue weighted by Crippen LogP contribution is -2.18. The van der Waals surface area contributed by atoms with Crippen molar-refractivity contribution in [1.29, 1.82) is 0 Å². The molecule has 0 radical (unpaired) electrons. The van der Waals surface area contributed by atoms with E-state index in [1.54, 1.807) is 0 Å². The van der Waals surface area contributed by atoms with Gasteiger partial charge < -0.3 is 10.5 Å². The second-order valence-electron chi connectivity index (χ2n) is 2.31. The van der Waals surface area contributed by atoms with Crippen molar-refractivity contribution in [3.05, 3.63) is 29.0 Å². The van der Waals surface area contributed by atoms with Gasteiger partial charge in [0, 0.05) is 0 Å². The summed E-state index contributed by atoms with van der Waals surface area (Å²) in [5.41, 5.74) is 5.18. The van der Waals surface area contributed by atoms with Crippen LogP contribution in [-0.4, -0.2) is 11.6 Å². The Morgan fingerprint density at radius 2 is 2.31 bits per heavy atom. The van der Waals surface area contributed by atoms with E-state index in [0.717, 1.165) is 0 Å². The zero-order valence-corrected chi connectivity index (χ0v) is 8.16. The maximum absolute atomic E-state index is 13.0. The summed E-state index contributed by atoms with van der Waals surface area (Å²) in [6.45, 7) is -0.0179. The maximum Gasteiger partial charge on any atom is 0.174 e. The summed E-state index contributed by atoms with van der Waals surface area (Å²) >= 11 is 10.2. The SMILES string of the molecule is NC(=S)COc1c(F)cccc1Cl. The van der Waals surface area contributed by atoms with Crippen LogP contribution in [0.5, 0.6) is 5.75 Å².